The number of ketones is 2. The quantitative estimate of drug-likeness (QED) is 0.242. The van der Waals surface area contributed by atoms with E-state index in [0.29, 0.717) is 0 Å². The standard InChI is InChI=1S/C32H44O12/c1-15(2)30(39)43-27-26(42-21(8)35)18(5)25(41-20(7)34)23-24(40-19(6)33)17(4)14-32(23,44-22(9)36)28(37)16(3)12-13-31(10,11)29(27)38/h12-13,15-17,23-27H,5,14H2,1-4,6-11H3/b13-12+/t16-,17-,23+,24-,25-,26-,27-,32+/m0/s1. The lowest BCUT2D eigenvalue weighted by molar-refractivity contribution is -0.187. The molecule has 244 valence electrons. The van der Waals surface area contributed by atoms with Crippen LogP contribution in [0.4, 0.5) is 0 Å². The first-order chi connectivity index (χ1) is 20.2. The Balaban J connectivity index is 3.08. The second-order valence-corrected chi connectivity index (χ2v) is 12.5. The van der Waals surface area contributed by atoms with Gasteiger partial charge in [0, 0.05) is 51.0 Å². The van der Waals surface area contributed by atoms with Crippen LogP contribution in [-0.4, -0.2) is 71.4 Å². The number of carbonyl (C=O) groups is 7. The fourth-order valence-electron chi connectivity index (χ4n) is 5.88. The van der Waals surface area contributed by atoms with E-state index in [2.05, 4.69) is 6.58 Å². The van der Waals surface area contributed by atoms with Crippen LogP contribution in [0.1, 0.15) is 75.7 Å². The van der Waals surface area contributed by atoms with Crippen molar-refractivity contribution in [2.24, 2.45) is 29.1 Å². The second-order valence-electron chi connectivity index (χ2n) is 12.5. The highest BCUT2D eigenvalue weighted by molar-refractivity contribution is 5.95. The van der Waals surface area contributed by atoms with Crippen molar-refractivity contribution in [3.63, 3.8) is 0 Å². The molecule has 0 bridgehead atoms. The van der Waals surface area contributed by atoms with E-state index in [-0.39, 0.29) is 12.0 Å². The van der Waals surface area contributed by atoms with Gasteiger partial charge in [0.15, 0.2) is 23.3 Å². The SMILES string of the molecule is C=C1[C@H](OC(C)=O)[C@H]2[C@@H](OC(C)=O)[C@@H](C)C[C@]2(OC(C)=O)C(=O)[C@@H](C)/C=C/C(C)(C)C(=O)[C@@H](OC(=O)C(C)C)[C@H]1OC(C)=O. The third kappa shape index (κ3) is 7.81. The monoisotopic (exact) mass is 620 g/mol. The van der Waals surface area contributed by atoms with Gasteiger partial charge in [-0.1, -0.05) is 46.4 Å². The Kier molecular flexibility index (Phi) is 11.5. The molecule has 0 saturated heterocycles. The fraction of sp³-hybridized carbons (Fsp3) is 0.656. The maximum atomic E-state index is 14.4. The summed E-state index contributed by atoms with van der Waals surface area (Å²) in [5.41, 5.74) is -3.65. The summed E-state index contributed by atoms with van der Waals surface area (Å²) < 4.78 is 28.5. The first kappa shape index (κ1) is 36.4. The van der Waals surface area contributed by atoms with Crippen LogP contribution < -0.4 is 0 Å². The molecule has 0 radical (unpaired) electrons. The van der Waals surface area contributed by atoms with Gasteiger partial charge in [0.05, 0.1) is 11.8 Å². The Labute approximate surface area is 257 Å². The highest BCUT2D eigenvalue weighted by Gasteiger charge is 2.65. The summed E-state index contributed by atoms with van der Waals surface area (Å²) in [5, 5.41) is 0. The molecular weight excluding hydrogens is 576 g/mol. The highest BCUT2D eigenvalue weighted by Crippen LogP contribution is 2.51. The molecule has 1 fully saturated rings. The molecule has 0 aromatic rings. The Morgan fingerprint density at radius 3 is 1.80 bits per heavy atom. The molecule has 0 aliphatic heterocycles. The largest absolute Gasteiger partial charge is 0.462 e. The van der Waals surface area contributed by atoms with Crippen molar-refractivity contribution in [1.29, 1.82) is 0 Å². The van der Waals surface area contributed by atoms with E-state index in [1.807, 2.05) is 0 Å². The molecule has 0 amide bonds. The van der Waals surface area contributed by atoms with E-state index in [0.717, 1.165) is 27.7 Å². The van der Waals surface area contributed by atoms with Crippen LogP contribution in [0.2, 0.25) is 0 Å². The molecule has 0 unspecified atom stereocenters. The zero-order valence-corrected chi connectivity index (χ0v) is 27.1. The van der Waals surface area contributed by atoms with Crippen LogP contribution in [-0.2, 0) is 57.2 Å². The van der Waals surface area contributed by atoms with E-state index in [1.54, 1.807) is 27.7 Å². The van der Waals surface area contributed by atoms with Crippen LogP contribution in [0.3, 0.4) is 0 Å². The molecule has 1 saturated carbocycles. The summed E-state index contributed by atoms with van der Waals surface area (Å²) in [6.07, 6.45) is -3.49. The van der Waals surface area contributed by atoms with Gasteiger partial charge >= 0.3 is 29.8 Å². The van der Waals surface area contributed by atoms with E-state index in [9.17, 15) is 33.6 Å². The van der Waals surface area contributed by atoms with Crippen LogP contribution in [0, 0.1) is 29.1 Å². The molecule has 2 aliphatic rings. The first-order valence-corrected chi connectivity index (χ1v) is 14.5. The van der Waals surface area contributed by atoms with Crippen molar-refractivity contribution in [2.45, 2.75) is 106 Å². The average Bonchev–Trinajstić information content (AvgIpc) is 3.15. The highest BCUT2D eigenvalue weighted by atomic mass is 16.6. The molecule has 2 rings (SSSR count). The topological polar surface area (TPSA) is 166 Å². The van der Waals surface area contributed by atoms with Crippen LogP contribution >= 0.6 is 0 Å². The van der Waals surface area contributed by atoms with Gasteiger partial charge in [-0.15, -0.1) is 0 Å². The van der Waals surface area contributed by atoms with E-state index in [1.165, 1.54) is 26.0 Å². The number of ether oxygens (including phenoxy) is 5. The maximum Gasteiger partial charge on any atom is 0.309 e. The second kappa shape index (κ2) is 13.9. The van der Waals surface area contributed by atoms with Crippen LogP contribution in [0.25, 0.3) is 0 Å². The van der Waals surface area contributed by atoms with E-state index in [4.69, 9.17) is 23.7 Å². The number of carbonyl (C=O) groups excluding carboxylic acids is 7. The normalized spacial score (nSPS) is 32.8. The van der Waals surface area contributed by atoms with Crippen LogP contribution in [0.5, 0.6) is 0 Å². The Bertz CT molecular complexity index is 1240. The maximum absolute atomic E-state index is 14.4. The molecule has 0 aromatic heterocycles. The number of fused-ring (bicyclic) bond motifs is 1. The predicted molar refractivity (Wildman–Crippen MR) is 154 cm³/mol. The summed E-state index contributed by atoms with van der Waals surface area (Å²) >= 11 is 0. The Morgan fingerprint density at radius 1 is 0.795 bits per heavy atom. The molecule has 0 aromatic carbocycles. The van der Waals surface area contributed by atoms with Crippen molar-refractivity contribution in [1.82, 2.24) is 0 Å². The summed E-state index contributed by atoms with van der Waals surface area (Å²) in [6, 6.07) is 0. The summed E-state index contributed by atoms with van der Waals surface area (Å²) in [7, 11) is 0. The predicted octanol–water partition coefficient (Wildman–Crippen LogP) is 3.23. The van der Waals surface area contributed by atoms with Gasteiger partial charge in [-0.3, -0.25) is 33.6 Å². The summed E-state index contributed by atoms with van der Waals surface area (Å²) in [4.78, 5) is 91.4. The van der Waals surface area contributed by atoms with Crippen molar-refractivity contribution < 1.29 is 57.2 Å². The molecular formula is C32H44O12. The smallest absolute Gasteiger partial charge is 0.309 e. The number of Topliss-reactive ketones (excluding diaryl/α,β-unsaturated/α-hetero) is 2. The summed E-state index contributed by atoms with van der Waals surface area (Å²) in [5.74, 6) is -9.04. The van der Waals surface area contributed by atoms with Crippen molar-refractivity contribution >= 4 is 41.4 Å². The number of esters is 5. The lowest BCUT2D eigenvalue weighted by Gasteiger charge is -2.42. The lowest BCUT2D eigenvalue weighted by Crippen LogP contribution is -2.58. The van der Waals surface area contributed by atoms with Gasteiger partial charge in [-0.05, 0) is 19.8 Å². The van der Waals surface area contributed by atoms with Crippen molar-refractivity contribution in [3.8, 4) is 0 Å². The number of rotatable bonds is 6. The molecule has 2 aliphatic carbocycles. The number of hydrogen-bond donors (Lipinski definition) is 0. The minimum Gasteiger partial charge on any atom is -0.462 e. The molecule has 12 nitrogen and oxygen atoms in total. The number of allylic oxidation sites excluding steroid dienone is 2. The summed E-state index contributed by atoms with van der Waals surface area (Å²) in [6.45, 7) is 17.8. The third-order valence-corrected chi connectivity index (χ3v) is 7.86. The minimum absolute atomic E-state index is 0.121. The zero-order valence-electron chi connectivity index (χ0n) is 27.1. The van der Waals surface area contributed by atoms with Crippen LogP contribution in [0.15, 0.2) is 24.3 Å². The van der Waals surface area contributed by atoms with Crippen molar-refractivity contribution in [2.75, 3.05) is 0 Å². The molecule has 12 heteroatoms. The van der Waals surface area contributed by atoms with Gasteiger partial charge < -0.3 is 23.7 Å². The first-order valence-electron chi connectivity index (χ1n) is 14.5. The van der Waals surface area contributed by atoms with Gasteiger partial charge in [0.25, 0.3) is 0 Å². The minimum atomic E-state index is -2.02. The molecule has 0 heterocycles. The molecule has 44 heavy (non-hydrogen) atoms. The van der Waals surface area contributed by atoms with Gasteiger partial charge in [0.1, 0.15) is 12.2 Å². The van der Waals surface area contributed by atoms with Gasteiger partial charge in [0.2, 0.25) is 6.10 Å². The average molecular weight is 621 g/mol. The number of hydrogen-bond acceptors (Lipinski definition) is 12. The molecule has 0 N–H and O–H groups in total. The van der Waals surface area contributed by atoms with Crippen molar-refractivity contribution in [3.05, 3.63) is 24.3 Å². The van der Waals surface area contributed by atoms with E-state index < -0.39 is 101 Å². The van der Waals surface area contributed by atoms with E-state index >= 15 is 0 Å². The fourth-order valence-corrected chi connectivity index (χ4v) is 5.88. The Hall–Kier alpha value is -3.83. The van der Waals surface area contributed by atoms with Gasteiger partial charge in [-0.25, -0.2) is 0 Å². The molecule has 0 spiro atoms. The van der Waals surface area contributed by atoms with Gasteiger partial charge in [-0.2, -0.15) is 0 Å². The lowest BCUT2D eigenvalue weighted by atomic mass is 9.72. The Morgan fingerprint density at radius 2 is 1.32 bits per heavy atom. The third-order valence-electron chi connectivity index (χ3n) is 7.86. The molecule has 8 atom stereocenters. The zero-order chi connectivity index (χ0) is 33.9.